The first kappa shape index (κ1) is 12.0. The van der Waals surface area contributed by atoms with Crippen LogP contribution in [0.25, 0.3) is 0 Å². The van der Waals surface area contributed by atoms with Crippen molar-refractivity contribution in [2.75, 3.05) is 13.2 Å². The van der Waals surface area contributed by atoms with Crippen LogP contribution in [0.3, 0.4) is 0 Å². The van der Waals surface area contributed by atoms with Crippen LogP contribution in [-0.2, 0) is 11.3 Å². The number of ether oxygens (including phenoxy) is 1. The van der Waals surface area contributed by atoms with E-state index in [1.807, 2.05) is 6.92 Å². The average molecular weight is 241 g/mol. The van der Waals surface area contributed by atoms with Crippen molar-refractivity contribution < 1.29 is 9.84 Å². The van der Waals surface area contributed by atoms with Gasteiger partial charge in [0, 0.05) is 23.6 Å². The van der Waals surface area contributed by atoms with E-state index >= 15 is 0 Å². The second kappa shape index (κ2) is 5.27. The minimum Gasteiger partial charge on any atom is -0.394 e. The van der Waals surface area contributed by atoms with E-state index in [2.05, 4.69) is 22.8 Å². The molecule has 1 aliphatic rings. The van der Waals surface area contributed by atoms with Gasteiger partial charge in [-0.15, -0.1) is 11.3 Å². The van der Waals surface area contributed by atoms with E-state index in [9.17, 15) is 5.11 Å². The molecule has 1 aromatic rings. The molecule has 16 heavy (non-hydrogen) atoms. The van der Waals surface area contributed by atoms with Crippen LogP contribution in [0.15, 0.2) is 17.5 Å². The van der Waals surface area contributed by atoms with Gasteiger partial charge in [-0.05, 0) is 31.2 Å². The molecule has 1 aliphatic carbocycles. The maximum absolute atomic E-state index is 9.44. The number of hydrogen-bond acceptors (Lipinski definition) is 4. The van der Waals surface area contributed by atoms with Crippen LogP contribution in [0.1, 0.15) is 24.6 Å². The molecule has 1 heterocycles. The predicted molar refractivity (Wildman–Crippen MR) is 65.6 cm³/mol. The van der Waals surface area contributed by atoms with Crippen molar-refractivity contribution in [3.63, 3.8) is 0 Å². The molecule has 1 aromatic heterocycles. The van der Waals surface area contributed by atoms with E-state index in [4.69, 9.17) is 4.74 Å². The van der Waals surface area contributed by atoms with Gasteiger partial charge in [-0.25, -0.2) is 0 Å². The highest BCUT2D eigenvalue weighted by molar-refractivity contribution is 7.09. The van der Waals surface area contributed by atoms with Gasteiger partial charge in [-0.1, -0.05) is 6.07 Å². The fourth-order valence-corrected chi connectivity index (χ4v) is 2.83. The third kappa shape index (κ3) is 2.63. The highest BCUT2D eigenvalue weighted by Gasteiger charge is 2.43. The summed E-state index contributed by atoms with van der Waals surface area (Å²) >= 11 is 1.74. The van der Waals surface area contributed by atoms with Crippen LogP contribution < -0.4 is 5.32 Å². The molecule has 0 bridgehead atoms. The minimum absolute atomic E-state index is 0.107. The van der Waals surface area contributed by atoms with Gasteiger partial charge in [0.15, 0.2) is 0 Å². The summed E-state index contributed by atoms with van der Waals surface area (Å²) < 4.78 is 5.52. The third-order valence-electron chi connectivity index (χ3n) is 3.16. The summed E-state index contributed by atoms with van der Waals surface area (Å²) in [5.41, 5.74) is -0.107. The van der Waals surface area contributed by atoms with Crippen LogP contribution in [0.4, 0.5) is 0 Å². The van der Waals surface area contributed by atoms with Gasteiger partial charge < -0.3 is 15.2 Å². The SMILES string of the molecule is CCOC1CC(CO)(NCc2cccs2)C1. The van der Waals surface area contributed by atoms with Crippen molar-refractivity contribution in [3.8, 4) is 0 Å². The summed E-state index contributed by atoms with van der Waals surface area (Å²) in [5, 5.41) is 15.0. The molecule has 2 rings (SSSR count). The number of nitrogens with one attached hydrogen (secondary N) is 1. The number of thiophene rings is 1. The van der Waals surface area contributed by atoms with E-state index < -0.39 is 0 Å². The molecule has 90 valence electrons. The number of hydrogen-bond donors (Lipinski definition) is 2. The van der Waals surface area contributed by atoms with Crippen LogP contribution >= 0.6 is 11.3 Å². The van der Waals surface area contributed by atoms with Crippen LogP contribution in [0.2, 0.25) is 0 Å². The monoisotopic (exact) mass is 241 g/mol. The van der Waals surface area contributed by atoms with Gasteiger partial charge in [-0.3, -0.25) is 0 Å². The molecule has 0 amide bonds. The van der Waals surface area contributed by atoms with Crippen molar-refractivity contribution in [1.82, 2.24) is 5.32 Å². The molecule has 0 aliphatic heterocycles. The van der Waals surface area contributed by atoms with Crippen molar-refractivity contribution >= 4 is 11.3 Å². The molecule has 0 radical (unpaired) electrons. The second-order valence-electron chi connectivity index (χ2n) is 4.36. The zero-order valence-corrected chi connectivity index (χ0v) is 10.4. The Bertz CT molecular complexity index is 307. The smallest absolute Gasteiger partial charge is 0.0615 e. The van der Waals surface area contributed by atoms with Crippen molar-refractivity contribution in [2.45, 2.75) is 38.0 Å². The fourth-order valence-electron chi connectivity index (χ4n) is 2.18. The summed E-state index contributed by atoms with van der Waals surface area (Å²) in [5.74, 6) is 0. The van der Waals surface area contributed by atoms with Crippen molar-refractivity contribution in [2.24, 2.45) is 0 Å². The highest BCUT2D eigenvalue weighted by Crippen LogP contribution is 2.34. The molecule has 0 saturated heterocycles. The summed E-state index contributed by atoms with van der Waals surface area (Å²) in [7, 11) is 0. The second-order valence-corrected chi connectivity index (χ2v) is 5.39. The maximum Gasteiger partial charge on any atom is 0.0615 e. The van der Waals surface area contributed by atoms with Crippen molar-refractivity contribution in [3.05, 3.63) is 22.4 Å². The van der Waals surface area contributed by atoms with Gasteiger partial charge in [0.25, 0.3) is 0 Å². The Morgan fingerprint density at radius 1 is 1.62 bits per heavy atom. The summed E-state index contributed by atoms with van der Waals surface area (Å²) in [6.45, 7) is 3.81. The lowest BCUT2D eigenvalue weighted by Crippen LogP contribution is -2.60. The van der Waals surface area contributed by atoms with E-state index in [-0.39, 0.29) is 12.1 Å². The summed E-state index contributed by atoms with van der Waals surface area (Å²) in [6.07, 6.45) is 2.17. The first-order chi connectivity index (χ1) is 7.78. The first-order valence-electron chi connectivity index (χ1n) is 5.78. The maximum atomic E-state index is 9.44. The van der Waals surface area contributed by atoms with Crippen LogP contribution in [0, 0.1) is 0 Å². The van der Waals surface area contributed by atoms with Crippen molar-refractivity contribution in [1.29, 1.82) is 0 Å². The molecular formula is C12H19NO2S. The molecule has 0 spiro atoms. The first-order valence-corrected chi connectivity index (χ1v) is 6.66. The van der Waals surface area contributed by atoms with E-state index in [1.165, 1.54) is 4.88 Å². The Balaban J connectivity index is 1.79. The minimum atomic E-state index is -0.107. The molecule has 0 atom stereocenters. The zero-order valence-electron chi connectivity index (χ0n) is 9.61. The highest BCUT2D eigenvalue weighted by atomic mass is 32.1. The number of aliphatic hydroxyl groups excluding tert-OH is 1. The lowest BCUT2D eigenvalue weighted by atomic mass is 9.74. The lowest BCUT2D eigenvalue weighted by Gasteiger charge is -2.46. The molecule has 1 fully saturated rings. The molecule has 3 nitrogen and oxygen atoms in total. The van der Waals surface area contributed by atoms with Gasteiger partial charge in [-0.2, -0.15) is 0 Å². The number of aliphatic hydroxyl groups is 1. The predicted octanol–water partition coefficient (Wildman–Crippen LogP) is 1.77. The van der Waals surface area contributed by atoms with Gasteiger partial charge >= 0.3 is 0 Å². The van der Waals surface area contributed by atoms with Gasteiger partial charge in [0.1, 0.15) is 0 Å². The van der Waals surface area contributed by atoms with E-state index in [0.717, 1.165) is 26.0 Å². The largest absolute Gasteiger partial charge is 0.394 e. The van der Waals surface area contributed by atoms with Gasteiger partial charge in [0.2, 0.25) is 0 Å². The molecule has 0 aromatic carbocycles. The topological polar surface area (TPSA) is 41.5 Å². The van der Waals surface area contributed by atoms with Crippen LogP contribution in [-0.4, -0.2) is 30.0 Å². The molecule has 2 N–H and O–H groups in total. The molecule has 4 heteroatoms. The summed E-state index contributed by atoms with van der Waals surface area (Å²) in [6, 6.07) is 4.17. The molecule has 0 unspecified atom stereocenters. The Morgan fingerprint density at radius 3 is 3.00 bits per heavy atom. The van der Waals surface area contributed by atoms with E-state index in [0.29, 0.717) is 6.10 Å². The molecular weight excluding hydrogens is 222 g/mol. The third-order valence-corrected chi connectivity index (χ3v) is 4.04. The van der Waals surface area contributed by atoms with Gasteiger partial charge in [0.05, 0.1) is 12.7 Å². The quantitative estimate of drug-likeness (QED) is 0.797. The fraction of sp³-hybridized carbons (Fsp3) is 0.667. The standard InChI is InChI=1S/C12H19NO2S/c1-2-15-10-6-12(7-10,9-14)13-8-11-4-3-5-16-11/h3-5,10,13-14H,2,6-9H2,1H3. The van der Waals surface area contributed by atoms with E-state index in [1.54, 1.807) is 11.3 Å². The number of rotatable bonds is 6. The summed E-state index contributed by atoms with van der Waals surface area (Å²) in [4.78, 5) is 1.31. The Hall–Kier alpha value is -0.420. The average Bonchev–Trinajstić information content (AvgIpc) is 2.74. The molecule has 1 saturated carbocycles. The van der Waals surface area contributed by atoms with Crippen LogP contribution in [0.5, 0.6) is 0 Å². The Labute approximate surface area is 100 Å². The Morgan fingerprint density at radius 2 is 2.44 bits per heavy atom. The zero-order chi connectivity index (χ0) is 11.4. The lowest BCUT2D eigenvalue weighted by molar-refractivity contribution is -0.0697. The Kier molecular flexibility index (Phi) is 3.97. The normalized spacial score (nSPS) is 29.0.